The first kappa shape index (κ1) is 16.0. The Hall–Kier alpha value is -2.34. The number of nitrogens with zero attached hydrogens (tertiary/aromatic N) is 3. The fourth-order valence-corrected chi connectivity index (χ4v) is 2.06. The largest absolute Gasteiger partial charge is 0.383 e. The lowest BCUT2D eigenvalue weighted by atomic mass is 10.2. The minimum atomic E-state index is 0.582. The maximum absolute atomic E-state index is 5.04. The second-order valence-corrected chi connectivity index (χ2v) is 4.69. The molecule has 6 nitrogen and oxygen atoms in total. The van der Waals surface area contributed by atoms with Crippen LogP contribution in [0.25, 0.3) is 5.69 Å². The van der Waals surface area contributed by atoms with E-state index in [2.05, 4.69) is 26.8 Å². The topological polar surface area (TPSA) is 63.5 Å². The van der Waals surface area contributed by atoms with E-state index in [-0.39, 0.29) is 0 Å². The van der Waals surface area contributed by atoms with Gasteiger partial charge in [-0.25, -0.2) is 9.67 Å². The molecule has 0 bridgehead atoms. The van der Waals surface area contributed by atoms with Crippen LogP contribution in [0.1, 0.15) is 12.5 Å². The van der Waals surface area contributed by atoms with Gasteiger partial charge in [-0.3, -0.25) is 0 Å². The average Bonchev–Trinajstić information content (AvgIpc) is 3.07. The third kappa shape index (κ3) is 4.60. The molecule has 0 aliphatic heterocycles. The zero-order valence-corrected chi connectivity index (χ0v) is 13.1. The lowest BCUT2D eigenvalue weighted by molar-refractivity contribution is 0.203. The van der Waals surface area contributed by atoms with Crippen LogP contribution in [0.3, 0.4) is 0 Å². The highest BCUT2D eigenvalue weighted by Gasteiger charge is 2.04. The Bertz CT molecular complexity index is 580. The molecule has 0 saturated carbocycles. The fourth-order valence-electron chi connectivity index (χ4n) is 2.06. The van der Waals surface area contributed by atoms with Crippen molar-refractivity contribution in [2.45, 2.75) is 13.5 Å². The van der Waals surface area contributed by atoms with Gasteiger partial charge in [0.15, 0.2) is 5.96 Å². The predicted molar refractivity (Wildman–Crippen MR) is 88.3 cm³/mol. The van der Waals surface area contributed by atoms with Crippen LogP contribution in [-0.4, -0.2) is 42.5 Å². The van der Waals surface area contributed by atoms with Crippen molar-refractivity contribution in [1.29, 1.82) is 0 Å². The van der Waals surface area contributed by atoms with Crippen molar-refractivity contribution >= 4 is 5.96 Å². The van der Waals surface area contributed by atoms with E-state index in [1.807, 2.05) is 42.1 Å². The molecule has 6 heteroatoms. The van der Waals surface area contributed by atoms with Gasteiger partial charge in [0.05, 0.1) is 18.8 Å². The molecule has 2 rings (SSSR count). The Balaban J connectivity index is 2.10. The summed E-state index contributed by atoms with van der Waals surface area (Å²) in [4.78, 5) is 4.62. The third-order valence-corrected chi connectivity index (χ3v) is 3.09. The molecular formula is C16H23N5O. The minimum absolute atomic E-state index is 0.582. The Morgan fingerprint density at radius 1 is 1.27 bits per heavy atom. The first-order chi connectivity index (χ1) is 10.8. The summed E-state index contributed by atoms with van der Waals surface area (Å²) in [5.74, 6) is 0.787. The summed E-state index contributed by atoms with van der Waals surface area (Å²) < 4.78 is 6.90. The average molecular weight is 301 g/mol. The molecule has 118 valence electrons. The van der Waals surface area contributed by atoms with Crippen molar-refractivity contribution in [3.05, 3.63) is 48.3 Å². The molecule has 0 fully saturated rings. The molecule has 0 saturated heterocycles. The Kier molecular flexibility index (Phi) is 6.44. The van der Waals surface area contributed by atoms with Gasteiger partial charge >= 0.3 is 0 Å². The molecule has 22 heavy (non-hydrogen) atoms. The molecule has 1 aromatic heterocycles. The van der Waals surface area contributed by atoms with Crippen LogP contribution in [0.5, 0.6) is 0 Å². The van der Waals surface area contributed by atoms with E-state index in [9.17, 15) is 0 Å². The van der Waals surface area contributed by atoms with Crippen LogP contribution in [0, 0.1) is 0 Å². The molecule has 0 unspecified atom stereocenters. The number of aromatic nitrogens is 2. The summed E-state index contributed by atoms with van der Waals surface area (Å²) in [6, 6.07) is 10.0. The molecular weight excluding hydrogens is 278 g/mol. The van der Waals surface area contributed by atoms with Gasteiger partial charge in [0.2, 0.25) is 0 Å². The van der Waals surface area contributed by atoms with Crippen LogP contribution in [0.2, 0.25) is 0 Å². The van der Waals surface area contributed by atoms with E-state index in [4.69, 9.17) is 4.74 Å². The van der Waals surface area contributed by atoms with Gasteiger partial charge in [0.25, 0.3) is 0 Å². The highest BCUT2D eigenvalue weighted by atomic mass is 16.5. The van der Waals surface area contributed by atoms with Crippen molar-refractivity contribution in [2.24, 2.45) is 4.99 Å². The third-order valence-electron chi connectivity index (χ3n) is 3.09. The van der Waals surface area contributed by atoms with Crippen molar-refractivity contribution in [3.63, 3.8) is 0 Å². The van der Waals surface area contributed by atoms with E-state index in [1.165, 1.54) is 0 Å². The molecule has 0 aliphatic rings. The van der Waals surface area contributed by atoms with Crippen LogP contribution >= 0.6 is 0 Å². The Labute approximate surface area is 131 Å². The number of aliphatic imine (C=N–C) groups is 1. The summed E-state index contributed by atoms with van der Waals surface area (Å²) in [7, 11) is 1.69. The van der Waals surface area contributed by atoms with Gasteiger partial charge in [0.1, 0.15) is 0 Å². The summed E-state index contributed by atoms with van der Waals surface area (Å²) in [5.41, 5.74) is 2.17. The molecule has 1 aromatic carbocycles. The minimum Gasteiger partial charge on any atom is -0.383 e. The summed E-state index contributed by atoms with van der Waals surface area (Å²) in [5, 5.41) is 10.8. The number of hydrogen-bond donors (Lipinski definition) is 2. The molecule has 0 spiro atoms. The maximum atomic E-state index is 5.04. The summed E-state index contributed by atoms with van der Waals surface area (Å²) >= 11 is 0. The normalized spacial score (nSPS) is 11.5. The molecule has 0 amide bonds. The number of para-hydroxylation sites is 1. The van der Waals surface area contributed by atoms with Gasteiger partial charge in [-0.2, -0.15) is 5.10 Å². The molecule has 2 N–H and O–H groups in total. The number of nitrogens with one attached hydrogen (secondary N) is 2. The second-order valence-electron chi connectivity index (χ2n) is 4.69. The number of ether oxygens (including phenoxy) is 1. The molecule has 0 atom stereocenters. The lowest BCUT2D eigenvalue weighted by Gasteiger charge is -2.12. The fraction of sp³-hybridized carbons (Fsp3) is 0.375. The van der Waals surface area contributed by atoms with E-state index < -0.39 is 0 Å². The highest BCUT2D eigenvalue weighted by Crippen LogP contribution is 2.14. The Morgan fingerprint density at radius 3 is 2.86 bits per heavy atom. The Morgan fingerprint density at radius 2 is 2.14 bits per heavy atom. The maximum Gasteiger partial charge on any atom is 0.191 e. The summed E-state index contributed by atoms with van der Waals surface area (Å²) in [6.07, 6.45) is 3.71. The number of benzene rings is 1. The molecule has 1 heterocycles. The summed E-state index contributed by atoms with van der Waals surface area (Å²) in [6.45, 7) is 4.82. The van der Waals surface area contributed by atoms with E-state index in [0.717, 1.165) is 30.3 Å². The first-order valence-corrected chi connectivity index (χ1v) is 7.44. The number of rotatable bonds is 7. The van der Waals surface area contributed by atoms with Crippen molar-refractivity contribution in [3.8, 4) is 5.69 Å². The number of guanidine groups is 1. The van der Waals surface area contributed by atoms with Crippen LogP contribution < -0.4 is 10.6 Å². The second kappa shape index (κ2) is 8.84. The molecule has 0 radical (unpaired) electrons. The first-order valence-electron chi connectivity index (χ1n) is 7.44. The SMILES string of the molecule is CCNC(=NCc1ccccc1-n1cccn1)NCCOC. The van der Waals surface area contributed by atoms with Crippen molar-refractivity contribution < 1.29 is 4.74 Å². The zero-order chi connectivity index (χ0) is 15.6. The highest BCUT2D eigenvalue weighted by molar-refractivity contribution is 5.79. The monoisotopic (exact) mass is 301 g/mol. The molecule has 2 aromatic rings. The van der Waals surface area contributed by atoms with Gasteiger partial charge in [-0.15, -0.1) is 0 Å². The molecule has 0 aliphatic carbocycles. The van der Waals surface area contributed by atoms with Crippen LogP contribution in [0.15, 0.2) is 47.7 Å². The standard InChI is InChI=1S/C16H23N5O/c1-3-17-16(18-10-12-22-2)19-13-14-7-4-5-8-15(14)21-11-6-9-20-21/h4-9,11H,3,10,12-13H2,1-2H3,(H2,17,18,19). The lowest BCUT2D eigenvalue weighted by Crippen LogP contribution is -2.38. The number of hydrogen-bond acceptors (Lipinski definition) is 3. The van der Waals surface area contributed by atoms with E-state index >= 15 is 0 Å². The number of methoxy groups -OCH3 is 1. The van der Waals surface area contributed by atoms with E-state index in [1.54, 1.807) is 13.3 Å². The van der Waals surface area contributed by atoms with Gasteiger partial charge in [0, 0.05) is 32.6 Å². The van der Waals surface area contributed by atoms with Crippen LogP contribution in [0.4, 0.5) is 0 Å². The van der Waals surface area contributed by atoms with E-state index in [0.29, 0.717) is 13.2 Å². The predicted octanol–water partition coefficient (Wildman–Crippen LogP) is 1.57. The van der Waals surface area contributed by atoms with Crippen molar-refractivity contribution in [2.75, 3.05) is 26.8 Å². The van der Waals surface area contributed by atoms with Gasteiger partial charge < -0.3 is 15.4 Å². The zero-order valence-electron chi connectivity index (χ0n) is 13.1. The van der Waals surface area contributed by atoms with Gasteiger partial charge in [-0.05, 0) is 24.6 Å². The van der Waals surface area contributed by atoms with Crippen LogP contribution in [-0.2, 0) is 11.3 Å². The van der Waals surface area contributed by atoms with Gasteiger partial charge in [-0.1, -0.05) is 18.2 Å². The quantitative estimate of drug-likeness (QED) is 0.463. The van der Waals surface area contributed by atoms with Crippen molar-refractivity contribution in [1.82, 2.24) is 20.4 Å². The smallest absolute Gasteiger partial charge is 0.191 e.